The number of allylic oxidation sites excluding steroid dienone is 1. The van der Waals surface area contributed by atoms with E-state index in [9.17, 15) is 9.59 Å². The van der Waals surface area contributed by atoms with Crippen LogP contribution >= 0.6 is 0 Å². The number of carbonyl (C=O) groups is 2. The second-order valence-electron chi connectivity index (χ2n) is 8.16. The number of carbonyl (C=O) groups excluding carboxylic acids is 2. The van der Waals surface area contributed by atoms with E-state index in [4.69, 9.17) is 0 Å². The summed E-state index contributed by atoms with van der Waals surface area (Å²) < 4.78 is 0. The summed E-state index contributed by atoms with van der Waals surface area (Å²) in [5.74, 6) is -0.687. The van der Waals surface area contributed by atoms with Gasteiger partial charge in [0.15, 0.2) is 5.78 Å². The predicted molar refractivity (Wildman–Crippen MR) is 112 cm³/mol. The third kappa shape index (κ3) is 5.54. The lowest BCUT2D eigenvalue weighted by Crippen LogP contribution is -2.21. The van der Waals surface area contributed by atoms with Crippen molar-refractivity contribution in [3.8, 4) is 0 Å². The summed E-state index contributed by atoms with van der Waals surface area (Å²) >= 11 is 0. The molecule has 1 aliphatic carbocycles. The minimum atomic E-state index is -0.586. The van der Waals surface area contributed by atoms with Crippen molar-refractivity contribution in [2.24, 2.45) is 5.92 Å². The predicted octanol–water partition coefficient (Wildman–Crippen LogP) is 5.32. The normalized spacial score (nSPS) is 19.6. The molecule has 1 saturated carbocycles. The lowest BCUT2D eigenvalue weighted by Gasteiger charge is -2.17. The summed E-state index contributed by atoms with van der Waals surface area (Å²) in [6.45, 7) is 13.2. The SMILES string of the molecule is C=C(CC1CC(=O)C(c2c(C)cc(C)cc2C)C1=O)NCCCCCCC. The third-order valence-corrected chi connectivity index (χ3v) is 5.63. The zero-order valence-electron chi connectivity index (χ0n) is 17.5. The molecule has 0 radical (unpaired) electrons. The second-order valence-corrected chi connectivity index (χ2v) is 8.16. The number of ketones is 2. The number of unbranched alkanes of at least 4 members (excludes halogenated alkanes) is 4. The average Bonchev–Trinajstić information content (AvgIpc) is 2.85. The van der Waals surface area contributed by atoms with E-state index >= 15 is 0 Å². The maximum Gasteiger partial charge on any atom is 0.151 e. The Balaban J connectivity index is 1.93. The van der Waals surface area contributed by atoms with E-state index < -0.39 is 5.92 Å². The van der Waals surface area contributed by atoms with Crippen LogP contribution in [-0.4, -0.2) is 18.1 Å². The van der Waals surface area contributed by atoms with Crippen LogP contribution in [-0.2, 0) is 9.59 Å². The van der Waals surface area contributed by atoms with Gasteiger partial charge in [0.05, 0.1) is 0 Å². The molecule has 1 aromatic carbocycles. The van der Waals surface area contributed by atoms with E-state index in [1.54, 1.807) is 0 Å². The third-order valence-electron chi connectivity index (χ3n) is 5.63. The van der Waals surface area contributed by atoms with Crippen LogP contribution in [0.25, 0.3) is 0 Å². The maximum atomic E-state index is 13.0. The number of hydrogen-bond donors (Lipinski definition) is 1. The summed E-state index contributed by atoms with van der Waals surface area (Å²) in [5, 5.41) is 3.35. The van der Waals surface area contributed by atoms with Gasteiger partial charge in [0.1, 0.15) is 11.7 Å². The smallest absolute Gasteiger partial charge is 0.151 e. The van der Waals surface area contributed by atoms with Gasteiger partial charge < -0.3 is 5.32 Å². The van der Waals surface area contributed by atoms with E-state index in [1.807, 2.05) is 20.8 Å². The Labute approximate surface area is 164 Å². The molecule has 1 fully saturated rings. The van der Waals surface area contributed by atoms with Gasteiger partial charge in [-0.05, 0) is 50.3 Å². The van der Waals surface area contributed by atoms with Crippen LogP contribution in [0.1, 0.15) is 80.0 Å². The molecule has 0 saturated heterocycles. The molecule has 2 rings (SSSR count). The Morgan fingerprint density at radius 1 is 1.07 bits per heavy atom. The van der Waals surface area contributed by atoms with Gasteiger partial charge in [-0.1, -0.05) is 56.9 Å². The Bertz CT molecular complexity index is 681. The quantitative estimate of drug-likeness (QED) is 0.448. The molecule has 1 aliphatic rings. The van der Waals surface area contributed by atoms with Gasteiger partial charge in [-0.25, -0.2) is 0 Å². The van der Waals surface area contributed by atoms with Crippen molar-refractivity contribution in [1.29, 1.82) is 0 Å². The van der Waals surface area contributed by atoms with Crippen LogP contribution in [0.2, 0.25) is 0 Å². The zero-order valence-corrected chi connectivity index (χ0v) is 17.5. The molecule has 0 aliphatic heterocycles. The zero-order chi connectivity index (χ0) is 20.0. The highest BCUT2D eigenvalue weighted by atomic mass is 16.2. The second kappa shape index (κ2) is 9.87. The molecule has 0 aromatic heterocycles. The molecule has 148 valence electrons. The molecule has 0 spiro atoms. The Hall–Kier alpha value is -1.90. The molecule has 2 atom stereocenters. The van der Waals surface area contributed by atoms with Gasteiger partial charge in [-0.15, -0.1) is 0 Å². The van der Waals surface area contributed by atoms with Crippen LogP contribution in [0.5, 0.6) is 0 Å². The van der Waals surface area contributed by atoms with E-state index in [2.05, 4.69) is 31.0 Å². The number of benzene rings is 1. The van der Waals surface area contributed by atoms with E-state index in [1.165, 1.54) is 31.2 Å². The monoisotopic (exact) mass is 369 g/mol. The first kappa shape index (κ1) is 21.4. The minimum absolute atomic E-state index is 0.0624. The summed E-state index contributed by atoms with van der Waals surface area (Å²) in [6, 6.07) is 4.13. The summed E-state index contributed by atoms with van der Waals surface area (Å²) in [5.41, 5.74) is 5.06. The molecular weight excluding hydrogens is 334 g/mol. The standard InChI is InChI=1S/C24H35NO2/c1-6-7-8-9-10-11-25-19(5)14-20-15-21(26)23(24(20)27)22-17(3)12-16(2)13-18(22)4/h12-13,20,23,25H,5-11,14-15H2,1-4H3. The largest absolute Gasteiger partial charge is 0.389 e. The fourth-order valence-electron chi connectivity index (χ4n) is 4.34. The van der Waals surface area contributed by atoms with Crippen molar-refractivity contribution in [2.45, 2.75) is 78.6 Å². The van der Waals surface area contributed by atoms with Crippen molar-refractivity contribution in [1.82, 2.24) is 5.32 Å². The van der Waals surface area contributed by atoms with Crippen molar-refractivity contribution >= 4 is 11.6 Å². The summed E-state index contributed by atoms with van der Waals surface area (Å²) in [6.07, 6.45) is 7.08. The van der Waals surface area contributed by atoms with Gasteiger partial charge >= 0.3 is 0 Å². The van der Waals surface area contributed by atoms with Gasteiger partial charge in [0, 0.05) is 24.6 Å². The molecule has 0 heterocycles. The molecule has 2 unspecified atom stereocenters. The lowest BCUT2D eigenvalue weighted by molar-refractivity contribution is -0.124. The van der Waals surface area contributed by atoms with Crippen molar-refractivity contribution < 1.29 is 9.59 Å². The Morgan fingerprint density at radius 2 is 1.70 bits per heavy atom. The molecule has 0 amide bonds. The van der Waals surface area contributed by atoms with Gasteiger partial charge in [-0.3, -0.25) is 9.59 Å². The highest BCUT2D eigenvalue weighted by molar-refractivity contribution is 6.15. The average molecular weight is 370 g/mol. The van der Waals surface area contributed by atoms with E-state index in [0.717, 1.165) is 35.4 Å². The first-order chi connectivity index (χ1) is 12.8. The van der Waals surface area contributed by atoms with Gasteiger partial charge in [0.25, 0.3) is 0 Å². The number of aryl methyl sites for hydroxylation is 3. The summed E-state index contributed by atoms with van der Waals surface area (Å²) in [7, 11) is 0. The topological polar surface area (TPSA) is 46.2 Å². The van der Waals surface area contributed by atoms with Crippen LogP contribution in [0.4, 0.5) is 0 Å². The van der Waals surface area contributed by atoms with Crippen molar-refractivity contribution in [3.05, 3.63) is 46.7 Å². The Morgan fingerprint density at radius 3 is 2.33 bits per heavy atom. The fraction of sp³-hybridized carbons (Fsp3) is 0.583. The van der Waals surface area contributed by atoms with Crippen molar-refractivity contribution in [3.63, 3.8) is 0 Å². The molecule has 3 heteroatoms. The molecule has 3 nitrogen and oxygen atoms in total. The molecule has 0 bridgehead atoms. The lowest BCUT2D eigenvalue weighted by atomic mass is 9.86. The number of nitrogens with one attached hydrogen (secondary N) is 1. The number of hydrogen-bond acceptors (Lipinski definition) is 3. The summed E-state index contributed by atoms with van der Waals surface area (Å²) in [4.78, 5) is 25.7. The maximum absolute atomic E-state index is 13.0. The van der Waals surface area contributed by atoms with Crippen LogP contribution in [0, 0.1) is 26.7 Å². The molecule has 1 aromatic rings. The van der Waals surface area contributed by atoms with Crippen LogP contribution in [0.15, 0.2) is 24.4 Å². The first-order valence-corrected chi connectivity index (χ1v) is 10.4. The minimum Gasteiger partial charge on any atom is -0.389 e. The fourth-order valence-corrected chi connectivity index (χ4v) is 4.34. The van der Waals surface area contributed by atoms with E-state index in [0.29, 0.717) is 12.8 Å². The van der Waals surface area contributed by atoms with Crippen molar-refractivity contribution in [2.75, 3.05) is 6.54 Å². The van der Waals surface area contributed by atoms with E-state index in [-0.39, 0.29) is 17.5 Å². The molecular formula is C24H35NO2. The first-order valence-electron chi connectivity index (χ1n) is 10.4. The highest BCUT2D eigenvalue weighted by Crippen LogP contribution is 2.38. The molecule has 27 heavy (non-hydrogen) atoms. The molecule has 1 N–H and O–H groups in total. The van der Waals surface area contributed by atoms with Crippen LogP contribution in [0.3, 0.4) is 0 Å². The van der Waals surface area contributed by atoms with Gasteiger partial charge in [0.2, 0.25) is 0 Å². The Kier molecular flexibility index (Phi) is 7.82. The number of rotatable bonds is 10. The number of Topliss-reactive ketones (excluding diaryl/α,β-unsaturated/α-hetero) is 2. The van der Waals surface area contributed by atoms with Gasteiger partial charge in [-0.2, -0.15) is 0 Å². The van der Waals surface area contributed by atoms with Crippen LogP contribution < -0.4 is 5.32 Å². The highest BCUT2D eigenvalue weighted by Gasteiger charge is 2.43.